The van der Waals surface area contributed by atoms with Crippen molar-refractivity contribution >= 4 is 34.0 Å². The van der Waals surface area contributed by atoms with Gasteiger partial charge in [0.1, 0.15) is 0 Å². The lowest BCUT2D eigenvalue weighted by molar-refractivity contribution is 0.676. The molecule has 0 fully saturated rings. The van der Waals surface area contributed by atoms with Gasteiger partial charge in [0.25, 0.3) is 0 Å². The topological polar surface area (TPSA) is 17.1 Å². The Bertz CT molecular complexity index is 330. The molecule has 0 aromatic heterocycles. The molecule has 0 aliphatic rings. The van der Waals surface area contributed by atoms with Crippen LogP contribution in [0.3, 0.4) is 0 Å². The Morgan fingerprint density at radius 2 is 1.79 bits per heavy atom. The third-order valence-electron chi connectivity index (χ3n) is 1.87. The van der Waals surface area contributed by atoms with E-state index in [0.29, 0.717) is 15.8 Å². The van der Waals surface area contributed by atoms with Gasteiger partial charge in [-0.25, -0.2) is 0 Å². The fraction of sp³-hybridized carbons (Fsp3) is 0.400. The minimum Gasteiger partial charge on any atom is -0.259 e. The average molecular weight is 251 g/mol. The first-order chi connectivity index (χ1) is 6.52. The predicted molar refractivity (Wildman–Crippen MR) is 63.4 cm³/mol. The molecule has 0 amide bonds. The largest absolute Gasteiger partial charge is 0.259 e. The third-order valence-corrected chi connectivity index (χ3v) is 4.21. The van der Waals surface area contributed by atoms with Gasteiger partial charge in [-0.15, -0.1) is 0 Å². The van der Waals surface area contributed by atoms with Crippen molar-refractivity contribution in [3.8, 4) is 0 Å². The van der Waals surface area contributed by atoms with E-state index in [1.54, 1.807) is 18.2 Å². The van der Waals surface area contributed by atoms with Crippen LogP contribution >= 0.6 is 23.2 Å². The van der Waals surface area contributed by atoms with Gasteiger partial charge in [-0.05, 0) is 12.1 Å². The lowest BCUT2D eigenvalue weighted by Crippen LogP contribution is -2.08. The molecule has 1 aromatic rings. The highest BCUT2D eigenvalue weighted by Crippen LogP contribution is 2.26. The van der Waals surface area contributed by atoms with Crippen molar-refractivity contribution in [2.24, 2.45) is 0 Å². The standard InChI is InChI=1S/C10H12Cl2OS/c1-7(2)14(13)6-8-9(11)4-3-5-10(8)12/h3-5,7H,6H2,1-2H3. The zero-order valence-electron chi connectivity index (χ0n) is 8.09. The fourth-order valence-electron chi connectivity index (χ4n) is 0.979. The molecule has 1 unspecified atom stereocenters. The summed E-state index contributed by atoms with van der Waals surface area (Å²) in [4.78, 5) is 0. The molecule has 78 valence electrons. The predicted octanol–water partition coefficient (Wildman–Crippen LogP) is 3.65. The minimum absolute atomic E-state index is 0.127. The Labute approximate surface area is 96.9 Å². The molecule has 0 saturated carbocycles. The number of rotatable bonds is 3. The van der Waals surface area contributed by atoms with Crippen LogP contribution in [0.25, 0.3) is 0 Å². The molecule has 1 aromatic carbocycles. The van der Waals surface area contributed by atoms with Crippen LogP contribution in [0.5, 0.6) is 0 Å². The summed E-state index contributed by atoms with van der Waals surface area (Å²) in [7, 11) is -0.912. The second-order valence-electron chi connectivity index (χ2n) is 3.27. The van der Waals surface area contributed by atoms with E-state index in [-0.39, 0.29) is 5.25 Å². The lowest BCUT2D eigenvalue weighted by Gasteiger charge is -2.08. The van der Waals surface area contributed by atoms with Crippen molar-refractivity contribution in [1.82, 2.24) is 0 Å². The molecule has 0 saturated heterocycles. The molecule has 1 atom stereocenters. The maximum atomic E-state index is 11.6. The van der Waals surface area contributed by atoms with Gasteiger partial charge in [0, 0.05) is 31.7 Å². The third kappa shape index (κ3) is 2.97. The first-order valence-electron chi connectivity index (χ1n) is 4.32. The molecule has 0 bridgehead atoms. The zero-order chi connectivity index (χ0) is 10.7. The quantitative estimate of drug-likeness (QED) is 0.801. The first kappa shape index (κ1) is 12.0. The summed E-state index contributed by atoms with van der Waals surface area (Å²) >= 11 is 11.9. The Kier molecular flexibility index (Phi) is 4.42. The van der Waals surface area contributed by atoms with Crippen LogP contribution in [0.4, 0.5) is 0 Å². The Morgan fingerprint density at radius 3 is 2.21 bits per heavy atom. The van der Waals surface area contributed by atoms with Crippen LogP contribution in [-0.2, 0) is 16.6 Å². The molecule has 0 radical (unpaired) electrons. The molecule has 14 heavy (non-hydrogen) atoms. The molecule has 0 heterocycles. The first-order valence-corrected chi connectivity index (χ1v) is 6.46. The van der Waals surface area contributed by atoms with Gasteiger partial charge >= 0.3 is 0 Å². The van der Waals surface area contributed by atoms with Gasteiger partial charge in [-0.1, -0.05) is 43.1 Å². The van der Waals surface area contributed by atoms with Crippen LogP contribution in [-0.4, -0.2) is 9.46 Å². The molecular weight excluding hydrogens is 239 g/mol. The van der Waals surface area contributed by atoms with E-state index in [4.69, 9.17) is 23.2 Å². The SMILES string of the molecule is CC(C)S(=O)Cc1c(Cl)cccc1Cl. The van der Waals surface area contributed by atoms with E-state index in [1.807, 2.05) is 13.8 Å². The smallest absolute Gasteiger partial charge is 0.0517 e. The van der Waals surface area contributed by atoms with Crippen molar-refractivity contribution in [2.75, 3.05) is 0 Å². The second kappa shape index (κ2) is 5.15. The summed E-state index contributed by atoms with van der Waals surface area (Å²) < 4.78 is 11.6. The summed E-state index contributed by atoms with van der Waals surface area (Å²) in [5, 5.41) is 1.31. The monoisotopic (exact) mass is 250 g/mol. The molecule has 1 rings (SSSR count). The summed E-state index contributed by atoms with van der Waals surface area (Å²) in [6.45, 7) is 3.84. The van der Waals surface area contributed by atoms with Gasteiger partial charge in [-0.3, -0.25) is 4.21 Å². The number of halogens is 2. The molecule has 0 spiro atoms. The van der Waals surface area contributed by atoms with Crippen molar-refractivity contribution in [2.45, 2.75) is 24.9 Å². The number of hydrogen-bond donors (Lipinski definition) is 0. The summed E-state index contributed by atoms with van der Waals surface area (Å²) in [5.41, 5.74) is 0.780. The van der Waals surface area contributed by atoms with Gasteiger partial charge in [0.2, 0.25) is 0 Å². The van der Waals surface area contributed by atoms with Gasteiger partial charge in [0.15, 0.2) is 0 Å². The van der Waals surface area contributed by atoms with Gasteiger partial charge in [-0.2, -0.15) is 0 Å². The van der Waals surface area contributed by atoms with Crippen LogP contribution in [0.2, 0.25) is 10.0 Å². The normalized spacial score (nSPS) is 13.2. The van der Waals surface area contributed by atoms with Crippen LogP contribution < -0.4 is 0 Å². The van der Waals surface area contributed by atoms with Crippen molar-refractivity contribution in [3.05, 3.63) is 33.8 Å². The highest BCUT2D eigenvalue weighted by molar-refractivity contribution is 7.84. The van der Waals surface area contributed by atoms with Crippen molar-refractivity contribution in [3.63, 3.8) is 0 Å². The molecule has 0 N–H and O–H groups in total. The maximum Gasteiger partial charge on any atom is 0.0517 e. The average Bonchev–Trinajstić information content (AvgIpc) is 2.11. The van der Waals surface area contributed by atoms with Crippen molar-refractivity contribution < 1.29 is 4.21 Å². The Balaban J connectivity index is 2.91. The van der Waals surface area contributed by atoms with E-state index in [9.17, 15) is 4.21 Å². The number of hydrogen-bond acceptors (Lipinski definition) is 1. The highest BCUT2D eigenvalue weighted by atomic mass is 35.5. The van der Waals surface area contributed by atoms with E-state index in [0.717, 1.165) is 5.56 Å². The van der Waals surface area contributed by atoms with Crippen molar-refractivity contribution in [1.29, 1.82) is 0 Å². The van der Waals surface area contributed by atoms with E-state index in [1.165, 1.54) is 0 Å². The van der Waals surface area contributed by atoms with Crippen LogP contribution in [0, 0.1) is 0 Å². The number of benzene rings is 1. The maximum absolute atomic E-state index is 11.6. The van der Waals surface area contributed by atoms with E-state index < -0.39 is 10.8 Å². The molecule has 4 heteroatoms. The Hall–Kier alpha value is -0.0500. The summed E-state index contributed by atoms with van der Waals surface area (Å²) in [6.07, 6.45) is 0. The highest BCUT2D eigenvalue weighted by Gasteiger charge is 2.11. The molecule has 0 aliphatic heterocycles. The van der Waals surface area contributed by atoms with Gasteiger partial charge < -0.3 is 0 Å². The zero-order valence-corrected chi connectivity index (χ0v) is 10.4. The molecular formula is C10H12Cl2OS. The lowest BCUT2D eigenvalue weighted by atomic mass is 10.2. The molecule has 1 nitrogen and oxygen atoms in total. The molecule has 0 aliphatic carbocycles. The van der Waals surface area contributed by atoms with Crippen LogP contribution in [0.15, 0.2) is 18.2 Å². The van der Waals surface area contributed by atoms with Gasteiger partial charge in [0.05, 0.1) is 5.75 Å². The van der Waals surface area contributed by atoms with Crippen LogP contribution in [0.1, 0.15) is 19.4 Å². The summed E-state index contributed by atoms with van der Waals surface area (Å²) in [6, 6.07) is 5.31. The fourth-order valence-corrected chi connectivity index (χ4v) is 2.60. The van der Waals surface area contributed by atoms with E-state index in [2.05, 4.69) is 0 Å². The summed E-state index contributed by atoms with van der Waals surface area (Å²) in [5.74, 6) is 0.427. The van der Waals surface area contributed by atoms with E-state index >= 15 is 0 Å². The Morgan fingerprint density at radius 1 is 1.29 bits per heavy atom. The second-order valence-corrected chi connectivity index (χ2v) is 6.08. The minimum atomic E-state index is -0.912.